The number of Topliss-reactive ketones (excluding diaryl/α,β-unsaturated/α-hetero) is 1. The van der Waals surface area contributed by atoms with Gasteiger partial charge in [0.1, 0.15) is 5.78 Å². The lowest BCUT2D eigenvalue weighted by atomic mass is 9.79. The Balaban J connectivity index is 2.52. The lowest BCUT2D eigenvalue weighted by Crippen LogP contribution is -2.28. The zero-order valence-corrected chi connectivity index (χ0v) is 7.25. The second kappa shape index (κ2) is 3.70. The van der Waals surface area contributed by atoms with Gasteiger partial charge in [-0.2, -0.15) is 0 Å². The number of rotatable bonds is 2. The molecule has 1 aliphatic carbocycles. The van der Waals surface area contributed by atoms with Crippen molar-refractivity contribution in [3.05, 3.63) is 0 Å². The first-order chi connectivity index (χ1) is 5.61. The Kier molecular flexibility index (Phi) is 2.84. The van der Waals surface area contributed by atoms with Crippen LogP contribution in [0.5, 0.6) is 0 Å². The van der Waals surface area contributed by atoms with Gasteiger partial charge in [0.25, 0.3) is 0 Å². The molecule has 0 spiro atoms. The molecule has 0 aromatic carbocycles. The SMILES string of the molecule is CC1CCCC(CC(=O)O)C1=O. The van der Waals surface area contributed by atoms with E-state index in [2.05, 4.69) is 0 Å². The molecule has 0 saturated heterocycles. The molecule has 12 heavy (non-hydrogen) atoms. The minimum Gasteiger partial charge on any atom is -0.481 e. The molecule has 3 nitrogen and oxygen atoms in total. The molecule has 1 aliphatic rings. The highest BCUT2D eigenvalue weighted by Gasteiger charge is 2.29. The average molecular weight is 170 g/mol. The van der Waals surface area contributed by atoms with Crippen LogP contribution < -0.4 is 0 Å². The molecule has 0 amide bonds. The number of hydrogen-bond donors (Lipinski definition) is 1. The highest BCUT2D eigenvalue weighted by molar-refractivity contribution is 5.87. The molecule has 1 fully saturated rings. The highest BCUT2D eigenvalue weighted by atomic mass is 16.4. The fourth-order valence-corrected chi connectivity index (χ4v) is 1.77. The van der Waals surface area contributed by atoms with Crippen LogP contribution in [0, 0.1) is 11.8 Å². The first-order valence-corrected chi connectivity index (χ1v) is 4.36. The quantitative estimate of drug-likeness (QED) is 0.682. The van der Waals surface area contributed by atoms with Crippen molar-refractivity contribution in [3.63, 3.8) is 0 Å². The third-order valence-electron chi connectivity index (χ3n) is 2.50. The predicted octanol–water partition coefficient (Wildman–Crippen LogP) is 1.47. The third kappa shape index (κ3) is 2.06. The molecule has 1 saturated carbocycles. The van der Waals surface area contributed by atoms with Crippen molar-refractivity contribution in [2.45, 2.75) is 32.6 Å². The maximum atomic E-state index is 11.4. The molecule has 0 radical (unpaired) electrons. The number of carboxylic acid groups (broad SMARTS) is 1. The smallest absolute Gasteiger partial charge is 0.304 e. The fraction of sp³-hybridized carbons (Fsp3) is 0.778. The van der Waals surface area contributed by atoms with Gasteiger partial charge < -0.3 is 5.11 Å². The van der Waals surface area contributed by atoms with Crippen molar-refractivity contribution < 1.29 is 14.7 Å². The van der Waals surface area contributed by atoms with Crippen molar-refractivity contribution in [1.82, 2.24) is 0 Å². The summed E-state index contributed by atoms with van der Waals surface area (Å²) in [6.07, 6.45) is 2.69. The van der Waals surface area contributed by atoms with Crippen LogP contribution in [0.1, 0.15) is 32.6 Å². The van der Waals surface area contributed by atoms with Gasteiger partial charge in [-0.15, -0.1) is 0 Å². The number of carboxylic acids is 1. The van der Waals surface area contributed by atoms with E-state index < -0.39 is 5.97 Å². The number of carbonyl (C=O) groups is 2. The Hall–Kier alpha value is -0.860. The minimum absolute atomic E-state index is 0.0170. The second-order valence-electron chi connectivity index (χ2n) is 3.53. The van der Waals surface area contributed by atoms with Gasteiger partial charge in [0.2, 0.25) is 0 Å². The van der Waals surface area contributed by atoms with E-state index in [-0.39, 0.29) is 24.0 Å². The number of hydrogen-bond acceptors (Lipinski definition) is 2. The summed E-state index contributed by atoms with van der Waals surface area (Å²) in [4.78, 5) is 21.8. The molecule has 0 aliphatic heterocycles. The van der Waals surface area contributed by atoms with Gasteiger partial charge in [0.05, 0.1) is 6.42 Å². The first-order valence-electron chi connectivity index (χ1n) is 4.36. The van der Waals surface area contributed by atoms with E-state index in [4.69, 9.17) is 5.11 Å². The fourth-order valence-electron chi connectivity index (χ4n) is 1.77. The summed E-state index contributed by atoms with van der Waals surface area (Å²) in [5, 5.41) is 8.52. The normalized spacial score (nSPS) is 30.2. The number of carbonyl (C=O) groups excluding carboxylic acids is 1. The lowest BCUT2D eigenvalue weighted by molar-refractivity contribution is -0.142. The molecule has 1 N–H and O–H groups in total. The lowest BCUT2D eigenvalue weighted by Gasteiger charge is -2.23. The van der Waals surface area contributed by atoms with E-state index in [1.165, 1.54) is 0 Å². The summed E-state index contributed by atoms with van der Waals surface area (Å²) >= 11 is 0. The zero-order valence-electron chi connectivity index (χ0n) is 7.25. The van der Waals surface area contributed by atoms with Gasteiger partial charge in [0.15, 0.2) is 0 Å². The third-order valence-corrected chi connectivity index (χ3v) is 2.50. The molecule has 0 heterocycles. The van der Waals surface area contributed by atoms with Gasteiger partial charge in [0, 0.05) is 11.8 Å². The van der Waals surface area contributed by atoms with Crippen LogP contribution >= 0.6 is 0 Å². The van der Waals surface area contributed by atoms with Crippen LogP contribution in [0.3, 0.4) is 0 Å². The van der Waals surface area contributed by atoms with Gasteiger partial charge in [-0.3, -0.25) is 9.59 Å². The van der Waals surface area contributed by atoms with E-state index in [0.717, 1.165) is 19.3 Å². The summed E-state index contributed by atoms with van der Waals surface area (Å²) < 4.78 is 0. The molecule has 0 aromatic rings. The summed E-state index contributed by atoms with van der Waals surface area (Å²) in [5.41, 5.74) is 0. The topological polar surface area (TPSA) is 54.4 Å². The summed E-state index contributed by atoms with van der Waals surface area (Å²) in [7, 11) is 0. The van der Waals surface area contributed by atoms with Gasteiger partial charge in [-0.05, 0) is 12.8 Å². The monoisotopic (exact) mass is 170 g/mol. The van der Waals surface area contributed by atoms with Crippen LogP contribution in [0.4, 0.5) is 0 Å². The van der Waals surface area contributed by atoms with Crippen LogP contribution in [0.15, 0.2) is 0 Å². The van der Waals surface area contributed by atoms with Crippen LogP contribution in [0.2, 0.25) is 0 Å². The van der Waals surface area contributed by atoms with E-state index in [1.807, 2.05) is 6.92 Å². The van der Waals surface area contributed by atoms with Crippen molar-refractivity contribution in [1.29, 1.82) is 0 Å². The van der Waals surface area contributed by atoms with Gasteiger partial charge in [-0.1, -0.05) is 13.3 Å². The Bertz CT molecular complexity index is 198. The first kappa shape index (κ1) is 9.23. The molecule has 1 rings (SSSR count). The van der Waals surface area contributed by atoms with Crippen molar-refractivity contribution in [3.8, 4) is 0 Å². The second-order valence-corrected chi connectivity index (χ2v) is 3.53. The number of aliphatic carboxylic acids is 1. The van der Waals surface area contributed by atoms with E-state index in [0.29, 0.717) is 0 Å². The highest BCUT2D eigenvalue weighted by Crippen LogP contribution is 2.27. The molecule has 2 unspecified atom stereocenters. The van der Waals surface area contributed by atoms with Crippen molar-refractivity contribution in [2.75, 3.05) is 0 Å². The minimum atomic E-state index is -0.859. The molecular weight excluding hydrogens is 156 g/mol. The maximum absolute atomic E-state index is 11.4. The van der Waals surface area contributed by atoms with Gasteiger partial charge >= 0.3 is 5.97 Å². The van der Waals surface area contributed by atoms with E-state index in [1.54, 1.807) is 0 Å². The van der Waals surface area contributed by atoms with Crippen LogP contribution in [-0.2, 0) is 9.59 Å². The van der Waals surface area contributed by atoms with Crippen molar-refractivity contribution in [2.24, 2.45) is 11.8 Å². The standard InChI is InChI=1S/C9H14O3/c1-6-3-2-4-7(9(6)12)5-8(10)11/h6-7H,2-5H2,1H3,(H,10,11). The molecule has 0 aromatic heterocycles. The van der Waals surface area contributed by atoms with E-state index >= 15 is 0 Å². The Morgan fingerprint density at radius 1 is 1.58 bits per heavy atom. The molecule has 68 valence electrons. The molecule has 3 heteroatoms. The zero-order chi connectivity index (χ0) is 9.14. The number of ketones is 1. The van der Waals surface area contributed by atoms with Crippen molar-refractivity contribution >= 4 is 11.8 Å². The van der Waals surface area contributed by atoms with E-state index in [9.17, 15) is 9.59 Å². The summed E-state index contributed by atoms with van der Waals surface area (Å²) in [5.74, 6) is -0.861. The Labute approximate surface area is 71.8 Å². The largest absolute Gasteiger partial charge is 0.481 e. The van der Waals surface area contributed by atoms with Gasteiger partial charge in [-0.25, -0.2) is 0 Å². The Morgan fingerprint density at radius 3 is 2.83 bits per heavy atom. The molecule has 2 atom stereocenters. The summed E-state index contributed by atoms with van der Waals surface area (Å²) in [6, 6.07) is 0. The Morgan fingerprint density at radius 2 is 2.25 bits per heavy atom. The molecule has 0 bridgehead atoms. The maximum Gasteiger partial charge on any atom is 0.304 e. The predicted molar refractivity (Wildman–Crippen MR) is 43.8 cm³/mol. The van der Waals surface area contributed by atoms with Crippen LogP contribution in [-0.4, -0.2) is 16.9 Å². The summed E-state index contributed by atoms with van der Waals surface area (Å²) in [6.45, 7) is 1.89. The average Bonchev–Trinajstić information content (AvgIpc) is 1.98. The van der Waals surface area contributed by atoms with Crippen LogP contribution in [0.25, 0.3) is 0 Å². The molecular formula is C9H14O3.